The maximum atomic E-state index is 13.1. The van der Waals surface area contributed by atoms with Gasteiger partial charge in [-0.25, -0.2) is 4.98 Å². The highest BCUT2D eigenvalue weighted by molar-refractivity contribution is 7.08. The van der Waals surface area contributed by atoms with E-state index >= 15 is 0 Å². The van der Waals surface area contributed by atoms with Gasteiger partial charge in [-0.3, -0.25) is 14.5 Å². The number of carbonyl (C=O) groups excluding carboxylic acids is 2. The van der Waals surface area contributed by atoms with Crippen LogP contribution in [-0.4, -0.2) is 52.9 Å². The first-order valence-corrected chi connectivity index (χ1v) is 9.99. The second-order valence-corrected chi connectivity index (χ2v) is 8.80. The average Bonchev–Trinajstić information content (AvgIpc) is 3.24. The van der Waals surface area contributed by atoms with E-state index < -0.39 is 11.5 Å². The number of hydrogen-bond donors (Lipinski definition) is 2. The van der Waals surface area contributed by atoms with Gasteiger partial charge in [0.1, 0.15) is 11.9 Å². The van der Waals surface area contributed by atoms with Crippen molar-refractivity contribution in [3.05, 3.63) is 28.2 Å². The highest BCUT2D eigenvalue weighted by Crippen LogP contribution is 2.28. The zero-order valence-corrected chi connectivity index (χ0v) is 17.3. The molecule has 0 aliphatic carbocycles. The van der Waals surface area contributed by atoms with Crippen molar-refractivity contribution < 1.29 is 9.59 Å². The molecule has 2 aromatic rings. The van der Waals surface area contributed by atoms with Crippen LogP contribution in [0.1, 0.15) is 37.0 Å². The summed E-state index contributed by atoms with van der Waals surface area (Å²) >= 11 is 1.61. The fraction of sp³-hybridized carbons (Fsp3) is 0.526. The first kappa shape index (κ1) is 19.6. The fourth-order valence-electron chi connectivity index (χ4n) is 3.31. The molecule has 0 aromatic carbocycles. The molecule has 0 unspecified atom stereocenters. The molecule has 2 N–H and O–H groups in total. The van der Waals surface area contributed by atoms with Crippen molar-refractivity contribution in [3.8, 4) is 11.4 Å². The molecule has 2 aromatic heterocycles. The van der Waals surface area contributed by atoms with Crippen molar-refractivity contribution in [2.45, 2.75) is 39.9 Å². The lowest BCUT2D eigenvalue weighted by Gasteiger charge is -2.30. The molecule has 0 radical (unpaired) electrons. The lowest BCUT2D eigenvalue weighted by atomic mass is 9.86. The Hall–Kier alpha value is -2.19. The van der Waals surface area contributed by atoms with Gasteiger partial charge in [0.15, 0.2) is 5.69 Å². The Labute approximate surface area is 163 Å². The molecule has 0 bridgehead atoms. The monoisotopic (exact) mass is 389 g/mol. The van der Waals surface area contributed by atoms with Crippen molar-refractivity contribution in [3.63, 3.8) is 0 Å². The van der Waals surface area contributed by atoms with Crippen LogP contribution in [0.4, 0.5) is 0 Å². The molecular weight excluding hydrogens is 362 g/mol. The quantitative estimate of drug-likeness (QED) is 0.838. The zero-order valence-electron chi connectivity index (χ0n) is 16.5. The van der Waals surface area contributed by atoms with E-state index in [1.54, 1.807) is 18.4 Å². The van der Waals surface area contributed by atoms with Gasteiger partial charge in [-0.2, -0.15) is 11.3 Å². The predicted molar refractivity (Wildman–Crippen MR) is 107 cm³/mol. The minimum atomic E-state index is -0.640. The summed E-state index contributed by atoms with van der Waals surface area (Å²) in [6.07, 6.45) is 0. The molecule has 0 spiro atoms. The molecule has 1 aliphatic heterocycles. The number of imidazole rings is 1. The Morgan fingerprint density at radius 3 is 2.63 bits per heavy atom. The number of amides is 2. The molecule has 146 valence electrons. The summed E-state index contributed by atoms with van der Waals surface area (Å²) in [5.41, 5.74) is 1.90. The maximum Gasteiger partial charge on any atom is 0.272 e. The van der Waals surface area contributed by atoms with Crippen molar-refractivity contribution in [2.24, 2.45) is 5.41 Å². The zero-order chi connectivity index (χ0) is 19.8. The highest BCUT2D eigenvalue weighted by Gasteiger charge is 2.34. The van der Waals surface area contributed by atoms with E-state index in [9.17, 15) is 9.59 Å². The molecule has 0 saturated heterocycles. The molecule has 2 amide bonds. The topological polar surface area (TPSA) is 79.3 Å². The number of thiophene rings is 1. The number of carbonyl (C=O) groups is 2. The van der Waals surface area contributed by atoms with Crippen LogP contribution in [0.15, 0.2) is 16.8 Å². The third-order valence-corrected chi connectivity index (χ3v) is 5.53. The lowest BCUT2D eigenvalue weighted by molar-refractivity contribution is -0.124. The van der Waals surface area contributed by atoms with Gasteiger partial charge in [0.2, 0.25) is 5.91 Å². The summed E-state index contributed by atoms with van der Waals surface area (Å²) in [7, 11) is 3.61. The summed E-state index contributed by atoms with van der Waals surface area (Å²) in [5.74, 6) is 0.301. The summed E-state index contributed by atoms with van der Waals surface area (Å²) in [4.78, 5) is 32.3. The van der Waals surface area contributed by atoms with Crippen LogP contribution in [0, 0.1) is 5.41 Å². The van der Waals surface area contributed by atoms with Crippen LogP contribution in [0.2, 0.25) is 0 Å². The average molecular weight is 390 g/mol. The van der Waals surface area contributed by atoms with E-state index in [2.05, 4.69) is 25.1 Å². The maximum absolute atomic E-state index is 13.1. The molecule has 1 aliphatic rings. The largest absolute Gasteiger partial charge is 0.357 e. The van der Waals surface area contributed by atoms with Gasteiger partial charge in [0.25, 0.3) is 5.91 Å². The number of fused-ring (bicyclic) bond motifs is 1. The van der Waals surface area contributed by atoms with Crippen molar-refractivity contribution in [1.82, 2.24) is 25.1 Å². The fourth-order valence-corrected chi connectivity index (χ4v) is 3.94. The summed E-state index contributed by atoms with van der Waals surface area (Å²) in [6, 6.07) is 1.38. The van der Waals surface area contributed by atoms with Gasteiger partial charge < -0.3 is 15.2 Å². The molecule has 7 nitrogen and oxygen atoms in total. The molecule has 0 fully saturated rings. The third kappa shape index (κ3) is 3.91. The van der Waals surface area contributed by atoms with Gasteiger partial charge in [-0.15, -0.1) is 0 Å². The number of nitrogens with one attached hydrogen (secondary N) is 2. The van der Waals surface area contributed by atoms with Gasteiger partial charge in [-0.05, 0) is 23.9 Å². The van der Waals surface area contributed by atoms with E-state index in [1.807, 2.05) is 44.6 Å². The van der Waals surface area contributed by atoms with Crippen LogP contribution >= 0.6 is 11.3 Å². The first-order chi connectivity index (χ1) is 12.7. The Kier molecular flexibility index (Phi) is 5.39. The minimum Gasteiger partial charge on any atom is -0.357 e. The van der Waals surface area contributed by atoms with Gasteiger partial charge in [0, 0.05) is 37.6 Å². The SMILES string of the molecule is CNC(=O)[C@@H](NC(=O)c1nc(-c2ccsc2)n2c1CN(C)CC2)C(C)(C)C. The molecule has 3 rings (SSSR count). The number of nitrogens with zero attached hydrogens (tertiary/aromatic N) is 3. The van der Waals surface area contributed by atoms with E-state index in [-0.39, 0.29) is 11.8 Å². The number of likely N-dealkylation sites (N-methyl/N-ethyl adjacent to an activating group) is 2. The van der Waals surface area contributed by atoms with Gasteiger partial charge >= 0.3 is 0 Å². The van der Waals surface area contributed by atoms with Crippen LogP contribution < -0.4 is 10.6 Å². The molecular formula is C19H27N5O2S. The first-order valence-electron chi connectivity index (χ1n) is 9.05. The molecule has 3 heterocycles. The number of rotatable bonds is 4. The van der Waals surface area contributed by atoms with E-state index in [4.69, 9.17) is 0 Å². The van der Waals surface area contributed by atoms with Crippen molar-refractivity contribution in [1.29, 1.82) is 0 Å². The second-order valence-electron chi connectivity index (χ2n) is 8.02. The predicted octanol–water partition coefficient (Wildman–Crippen LogP) is 1.95. The van der Waals surface area contributed by atoms with Crippen molar-refractivity contribution >= 4 is 23.2 Å². The lowest BCUT2D eigenvalue weighted by Crippen LogP contribution is -2.53. The third-order valence-electron chi connectivity index (χ3n) is 4.84. The summed E-state index contributed by atoms with van der Waals surface area (Å²) in [6.45, 7) is 8.14. The molecule has 8 heteroatoms. The van der Waals surface area contributed by atoms with Gasteiger partial charge in [-0.1, -0.05) is 20.8 Å². The number of hydrogen-bond acceptors (Lipinski definition) is 5. The highest BCUT2D eigenvalue weighted by atomic mass is 32.1. The Bertz CT molecular complexity index is 835. The van der Waals surface area contributed by atoms with Crippen molar-refractivity contribution in [2.75, 3.05) is 20.6 Å². The molecule has 1 atom stereocenters. The summed E-state index contributed by atoms with van der Waals surface area (Å²) in [5, 5.41) is 9.59. The van der Waals surface area contributed by atoms with Gasteiger partial charge in [0.05, 0.1) is 5.69 Å². The Morgan fingerprint density at radius 2 is 2.04 bits per heavy atom. The minimum absolute atomic E-state index is 0.209. The van der Waals surface area contributed by atoms with E-state index in [0.717, 1.165) is 30.2 Å². The molecule has 27 heavy (non-hydrogen) atoms. The van der Waals surface area contributed by atoms with E-state index in [0.29, 0.717) is 12.2 Å². The number of aromatic nitrogens is 2. The normalized spacial score (nSPS) is 15.9. The van der Waals surface area contributed by atoms with Crippen LogP contribution in [-0.2, 0) is 17.9 Å². The van der Waals surface area contributed by atoms with E-state index in [1.165, 1.54) is 0 Å². The standard InChI is InChI=1S/C19H27N5O2S/c1-19(2,3)15(18(26)20-4)22-17(25)14-13-10-23(5)7-8-24(13)16(21-14)12-6-9-27-11-12/h6,9,11,15H,7-8,10H2,1-5H3,(H,20,26)(H,22,25)/t15-/m1/s1. The smallest absolute Gasteiger partial charge is 0.272 e. The van der Waals surface area contributed by atoms with Crippen LogP contribution in [0.3, 0.4) is 0 Å². The second kappa shape index (κ2) is 7.44. The molecule has 0 saturated carbocycles. The van der Waals surface area contributed by atoms with Crippen LogP contribution in [0.5, 0.6) is 0 Å². The summed E-state index contributed by atoms with van der Waals surface area (Å²) < 4.78 is 2.13. The Balaban J connectivity index is 1.98. The Morgan fingerprint density at radius 1 is 1.30 bits per heavy atom. The van der Waals surface area contributed by atoms with Crippen LogP contribution in [0.25, 0.3) is 11.4 Å².